The van der Waals surface area contributed by atoms with Crippen LogP contribution in [0.4, 0.5) is 0 Å². The Labute approximate surface area is 163 Å². The molecule has 27 heavy (non-hydrogen) atoms. The van der Waals surface area contributed by atoms with E-state index in [4.69, 9.17) is 4.74 Å². The van der Waals surface area contributed by atoms with Crippen LogP contribution in [-0.4, -0.2) is 61.5 Å². The molecule has 0 unspecified atom stereocenters. The molecule has 0 atom stereocenters. The molecule has 1 N–H and O–H groups in total. The van der Waals surface area contributed by atoms with Crippen molar-refractivity contribution in [3.63, 3.8) is 0 Å². The van der Waals surface area contributed by atoms with Crippen LogP contribution in [0.15, 0.2) is 41.8 Å². The van der Waals surface area contributed by atoms with Crippen molar-refractivity contribution in [2.24, 2.45) is 0 Å². The number of rotatable bonds is 7. The van der Waals surface area contributed by atoms with Crippen molar-refractivity contribution in [1.82, 2.24) is 15.1 Å². The van der Waals surface area contributed by atoms with Crippen LogP contribution in [0.5, 0.6) is 0 Å². The summed E-state index contributed by atoms with van der Waals surface area (Å²) in [5, 5.41) is 4.73. The molecule has 144 valence electrons. The van der Waals surface area contributed by atoms with Crippen molar-refractivity contribution in [2.45, 2.75) is 13.1 Å². The number of morpholine rings is 1. The second kappa shape index (κ2) is 9.64. The monoisotopic (exact) mass is 387 g/mol. The van der Waals surface area contributed by atoms with Crippen LogP contribution < -0.4 is 5.32 Å². The maximum atomic E-state index is 12.2. The average molecular weight is 388 g/mol. The number of thiophene rings is 1. The van der Waals surface area contributed by atoms with Crippen LogP contribution in [0, 0.1) is 0 Å². The van der Waals surface area contributed by atoms with Crippen molar-refractivity contribution in [3.8, 4) is 0 Å². The molecule has 0 radical (unpaired) electrons. The summed E-state index contributed by atoms with van der Waals surface area (Å²) in [5.41, 5.74) is 2.30. The molecule has 1 fully saturated rings. The molecule has 0 bridgehead atoms. The van der Waals surface area contributed by atoms with E-state index in [-0.39, 0.29) is 18.4 Å². The first kappa shape index (κ1) is 19.5. The smallest absolute Gasteiger partial charge is 0.264 e. The van der Waals surface area contributed by atoms with E-state index < -0.39 is 0 Å². The van der Waals surface area contributed by atoms with E-state index in [9.17, 15) is 9.59 Å². The van der Waals surface area contributed by atoms with Gasteiger partial charge in [-0.2, -0.15) is 0 Å². The Balaban J connectivity index is 1.42. The van der Waals surface area contributed by atoms with E-state index in [1.807, 2.05) is 23.6 Å². The lowest BCUT2D eigenvalue weighted by Gasteiger charge is -2.26. The first-order chi connectivity index (χ1) is 13.1. The zero-order valence-electron chi connectivity index (χ0n) is 15.5. The van der Waals surface area contributed by atoms with Gasteiger partial charge in [-0.3, -0.25) is 14.5 Å². The molecule has 2 aromatic rings. The topological polar surface area (TPSA) is 61.9 Å². The Morgan fingerprint density at radius 1 is 1.15 bits per heavy atom. The molecule has 7 heteroatoms. The molecule has 1 aliphatic heterocycles. The number of carbonyl (C=O) groups is 2. The number of likely N-dealkylation sites (N-methyl/N-ethyl adjacent to an activating group) is 1. The van der Waals surface area contributed by atoms with Gasteiger partial charge >= 0.3 is 0 Å². The van der Waals surface area contributed by atoms with Gasteiger partial charge in [0.15, 0.2) is 0 Å². The summed E-state index contributed by atoms with van der Waals surface area (Å²) in [7, 11) is 1.64. The van der Waals surface area contributed by atoms with Crippen molar-refractivity contribution in [2.75, 3.05) is 39.9 Å². The SMILES string of the molecule is CN(CC(=O)NCc1ccc(CN2CCOCC2)cc1)C(=O)c1cccs1. The fourth-order valence-corrected chi connectivity index (χ4v) is 3.63. The van der Waals surface area contributed by atoms with Gasteiger partial charge < -0.3 is 15.0 Å². The lowest BCUT2D eigenvalue weighted by Crippen LogP contribution is -2.37. The number of carbonyl (C=O) groups excluding carboxylic acids is 2. The minimum absolute atomic E-state index is 0.0475. The molecule has 6 nitrogen and oxygen atoms in total. The third-order valence-corrected chi connectivity index (χ3v) is 5.34. The van der Waals surface area contributed by atoms with E-state index in [1.165, 1.54) is 21.8 Å². The predicted molar refractivity (Wildman–Crippen MR) is 106 cm³/mol. The molecule has 1 aromatic carbocycles. The Hall–Kier alpha value is -2.22. The van der Waals surface area contributed by atoms with Crippen molar-refractivity contribution < 1.29 is 14.3 Å². The number of ether oxygens (including phenoxy) is 1. The van der Waals surface area contributed by atoms with Gasteiger partial charge in [-0.15, -0.1) is 11.3 Å². The average Bonchev–Trinajstić information content (AvgIpc) is 3.22. The second-order valence-electron chi connectivity index (χ2n) is 6.62. The van der Waals surface area contributed by atoms with Crippen molar-refractivity contribution in [3.05, 3.63) is 57.8 Å². The van der Waals surface area contributed by atoms with Crippen molar-refractivity contribution >= 4 is 23.2 Å². The molecule has 2 amide bonds. The highest BCUT2D eigenvalue weighted by Crippen LogP contribution is 2.11. The first-order valence-corrected chi connectivity index (χ1v) is 9.93. The predicted octanol–water partition coefficient (Wildman–Crippen LogP) is 1.97. The molecule has 2 heterocycles. The normalized spacial score (nSPS) is 14.7. The third kappa shape index (κ3) is 5.89. The molecule has 1 aliphatic rings. The van der Waals surface area contributed by atoms with E-state index in [1.54, 1.807) is 13.1 Å². The molecule has 0 saturated carbocycles. The van der Waals surface area contributed by atoms with Gasteiger partial charge in [-0.05, 0) is 22.6 Å². The van der Waals surface area contributed by atoms with Gasteiger partial charge in [0, 0.05) is 33.2 Å². The summed E-state index contributed by atoms with van der Waals surface area (Å²) in [6.45, 7) is 4.96. The minimum Gasteiger partial charge on any atom is -0.379 e. The Kier molecular flexibility index (Phi) is 6.98. The maximum absolute atomic E-state index is 12.2. The highest BCUT2D eigenvalue weighted by molar-refractivity contribution is 7.12. The number of nitrogens with one attached hydrogen (secondary N) is 1. The number of nitrogens with zero attached hydrogens (tertiary/aromatic N) is 2. The molecule has 1 aromatic heterocycles. The fourth-order valence-electron chi connectivity index (χ4n) is 2.91. The molecular formula is C20H25N3O3S. The van der Waals surface area contributed by atoms with Crippen molar-refractivity contribution in [1.29, 1.82) is 0 Å². The highest BCUT2D eigenvalue weighted by Gasteiger charge is 2.15. The Morgan fingerprint density at radius 2 is 1.85 bits per heavy atom. The van der Waals surface area contributed by atoms with Crippen LogP contribution in [0.2, 0.25) is 0 Å². The number of benzene rings is 1. The van der Waals surface area contributed by atoms with Gasteiger partial charge in [0.1, 0.15) is 0 Å². The van der Waals surface area contributed by atoms with E-state index in [0.29, 0.717) is 11.4 Å². The number of hydrogen-bond donors (Lipinski definition) is 1. The minimum atomic E-state index is -0.167. The Morgan fingerprint density at radius 3 is 2.52 bits per heavy atom. The van der Waals surface area contributed by atoms with E-state index >= 15 is 0 Å². The quantitative estimate of drug-likeness (QED) is 0.789. The molecular weight excluding hydrogens is 362 g/mol. The Bertz CT molecular complexity index is 740. The summed E-state index contributed by atoms with van der Waals surface area (Å²) < 4.78 is 5.37. The third-order valence-electron chi connectivity index (χ3n) is 4.48. The van der Waals surface area contributed by atoms with Gasteiger partial charge in [0.05, 0.1) is 24.6 Å². The summed E-state index contributed by atoms with van der Waals surface area (Å²) in [6, 6.07) is 11.9. The summed E-state index contributed by atoms with van der Waals surface area (Å²) in [5.74, 6) is -0.299. The van der Waals surface area contributed by atoms with Crippen LogP contribution in [-0.2, 0) is 22.6 Å². The lowest BCUT2D eigenvalue weighted by atomic mass is 10.1. The number of hydrogen-bond acceptors (Lipinski definition) is 5. The van der Waals surface area contributed by atoms with Crippen LogP contribution in [0.3, 0.4) is 0 Å². The van der Waals surface area contributed by atoms with Gasteiger partial charge in [0.25, 0.3) is 5.91 Å². The standard InChI is InChI=1S/C20H25N3O3S/c1-22(20(25)18-3-2-12-27-18)15-19(24)21-13-16-4-6-17(7-5-16)14-23-8-10-26-11-9-23/h2-7,12H,8-11,13-15H2,1H3,(H,21,24). The number of amides is 2. The molecule has 1 saturated heterocycles. The van der Waals surface area contributed by atoms with Crippen LogP contribution >= 0.6 is 11.3 Å². The first-order valence-electron chi connectivity index (χ1n) is 9.05. The molecule has 0 aliphatic carbocycles. The summed E-state index contributed by atoms with van der Waals surface area (Å²) in [4.78, 5) is 28.7. The zero-order chi connectivity index (χ0) is 19.1. The van der Waals surface area contributed by atoms with Gasteiger partial charge in [-0.25, -0.2) is 0 Å². The van der Waals surface area contributed by atoms with E-state index in [2.05, 4.69) is 22.3 Å². The highest BCUT2D eigenvalue weighted by atomic mass is 32.1. The second-order valence-corrected chi connectivity index (χ2v) is 7.57. The molecule has 0 spiro atoms. The van der Waals surface area contributed by atoms with Gasteiger partial charge in [0.2, 0.25) is 5.91 Å². The maximum Gasteiger partial charge on any atom is 0.264 e. The molecule has 3 rings (SSSR count). The van der Waals surface area contributed by atoms with Gasteiger partial charge in [-0.1, -0.05) is 30.3 Å². The lowest BCUT2D eigenvalue weighted by molar-refractivity contribution is -0.121. The van der Waals surface area contributed by atoms with Crippen LogP contribution in [0.25, 0.3) is 0 Å². The van der Waals surface area contributed by atoms with Crippen LogP contribution in [0.1, 0.15) is 20.8 Å². The van der Waals surface area contributed by atoms with E-state index in [0.717, 1.165) is 38.4 Å². The fraction of sp³-hybridized carbons (Fsp3) is 0.400. The largest absolute Gasteiger partial charge is 0.379 e. The summed E-state index contributed by atoms with van der Waals surface area (Å²) >= 11 is 1.38. The zero-order valence-corrected chi connectivity index (χ0v) is 16.3. The summed E-state index contributed by atoms with van der Waals surface area (Å²) in [6.07, 6.45) is 0.